The fraction of sp³-hybridized carbons (Fsp3) is 0.818. The third-order valence-corrected chi connectivity index (χ3v) is 3.83. The molecule has 2 heterocycles. The van der Waals surface area contributed by atoms with E-state index in [0.29, 0.717) is 0 Å². The van der Waals surface area contributed by atoms with E-state index in [2.05, 4.69) is 26.9 Å². The maximum absolute atomic E-state index is 5.31. The molecule has 1 aromatic rings. The number of aromatic nitrogens is 2. The summed E-state index contributed by atoms with van der Waals surface area (Å²) >= 11 is 1.43. The molecule has 0 bridgehead atoms. The Labute approximate surface area is 106 Å². The summed E-state index contributed by atoms with van der Waals surface area (Å²) in [7, 11) is 1.75. The fourth-order valence-corrected chi connectivity index (χ4v) is 2.83. The first-order valence-electron chi connectivity index (χ1n) is 6.08. The van der Waals surface area contributed by atoms with Gasteiger partial charge in [-0.1, -0.05) is 6.92 Å². The maximum atomic E-state index is 5.31. The Balaban J connectivity index is 1.90. The van der Waals surface area contributed by atoms with E-state index in [4.69, 9.17) is 4.74 Å². The average molecular weight is 256 g/mol. The summed E-state index contributed by atoms with van der Waals surface area (Å²) < 4.78 is 9.57. The smallest absolute Gasteiger partial charge is 0.202 e. The molecule has 0 aliphatic carbocycles. The van der Waals surface area contributed by atoms with Gasteiger partial charge in [-0.25, -0.2) is 4.98 Å². The lowest BCUT2D eigenvalue weighted by Crippen LogP contribution is -2.49. The normalized spacial score (nSPS) is 24.1. The predicted octanol–water partition coefficient (Wildman–Crippen LogP) is 1.28. The molecule has 96 valence electrons. The van der Waals surface area contributed by atoms with Crippen LogP contribution in [0.4, 0.5) is 5.13 Å². The lowest BCUT2D eigenvalue weighted by molar-refractivity contribution is 0.127. The standard InChI is InChI=1S/C11H20N4OS/c1-3-9-14-10(17-15-9)12-7-11(8-16-2)5-4-6-13-11/h13H,3-8H2,1-2H3,(H,12,14,15). The molecule has 1 fully saturated rings. The van der Waals surface area contributed by atoms with Crippen molar-refractivity contribution < 1.29 is 4.74 Å². The molecule has 17 heavy (non-hydrogen) atoms. The maximum Gasteiger partial charge on any atom is 0.202 e. The van der Waals surface area contributed by atoms with Crippen molar-refractivity contribution in [2.45, 2.75) is 31.7 Å². The van der Waals surface area contributed by atoms with Crippen LogP contribution in [0.15, 0.2) is 0 Å². The highest BCUT2D eigenvalue weighted by atomic mass is 32.1. The molecule has 0 amide bonds. The molecule has 0 radical (unpaired) electrons. The Morgan fingerprint density at radius 2 is 2.47 bits per heavy atom. The van der Waals surface area contributed by atoms with Gasteiger partial charge in [0, 0.05) is 31.6 Å². The quantitative estimate of drug-likeness (QED) is 0.803. The largest absolute Gasteiger partial charge is 0.383 e. The number of methoxy groups -OCH3 is 1. The highest BCUT2D eigenvalue weighted by molar-refractivity contribution is 7.09. The molecule has 1 unspecified atom stereocenters. The van der Waals surface area contributed by atoms with Crippen LogP contribution in [0, 0.1) is 0 Å². The molecule has 2 N–H and O–H groups in total. The van der Waals surface area contributed by atoms with Gasteiger partial charge in [0.25, 0.3) is 0 Å². The van der Waals surface area contributed by atoms with E-state index in [1.54, 1.807) is 7.11 Å². The van der Waals surface area contributed by atoms with Gasteiger partial charge >= 0.3 is 0 Å². The van der Waals surface area contributed by atoms with Crippen LogP contribution in [0.5, 0.6) is 0 Å². The zero-order chi connectivity index (χ0) is 12.1. The van der Waals surface area contributed by atoms with E-state index >= 15 is 0 Å². The van der Waals surface area contributed by atoms with Crippen LogP contribution in [-0.4, -0.2) is 41.7 Å². The lowest BCUT2D eigenvalue weighted by Gasteiger charge is -2.28. The van der Waals surface area contributed by atoms with E-state index < -0.39 is 0 Å². The number of aryl methyl sites for hydroxylation is 1. The van der Waals surface area contributed by atoms with Gasteiger partial charge in [0.15, 0.2) is 0 Å². The second-order valence-electron chi connectivity index (χ2n) is 4.47. The van der Waals surface area contributed by atoms with Crippen molar-refractivity contribution in [1.29, 1.82) is 0 Å². The Hall–Kier alpha value is -0.720. The SMILES string of the molecule is CCc1nsc(NCC2(COC)CCCN2)n1. The number of anilines is 1. The van der Waals surface area contributed by atoms with Crippen molar-refractivity contribution in [3.05, 3.63) is 5.82 Å². The summed E-state index contributed by atoms with van der Waals surface area (Å²) in [5, 5.41) is 7.81. The fourth-order valence-electron chi connectivity index (χ4n) is 2.18. The Kier molecular flexibility index (Phi) is 4.31. The minimum atomic E-state index is 0.0623. The van der Waals surface area contributed by atoms with Gasteiger partial charge in [0.05, 0.1) is 12.1 Å². The first-order chi connectivity index (χ1) is 8.28. The second kappa shape index (κ2) is 5.75. The summed E-state index contributed by atoms with van der Waals surface area (Å²) in [5.74, 6) is 0.915. The minimum Gasteiger partial charge on any atom is -0.383 e. The van der Waals surface area contributed by atoms with Gasteiger partial charge in [-0.15, -0.1) is 0 Å². The molecule has 2 rings (SSSR count). The average Bonchev–Trinajstić information content (AvgIpc) is 2.96. The van der Waals surface area contributed by atoms with Gasteiger partial charge in [-0.05, 0) is 19.4 Å². The van der Waals surface area contributed by atoms with Gasteiger partial charge in [-0.3, -0.25) is 0 Å². The second-order valence-corrected chi connectivity index (χ2v) is 5.22. The highest BCUT2D eigenvalue weighted by Crippen LogP contribution is 2.21. The number of nitrogens with one attached hydrogen (secondary N) is 2. The van der Waals surface area contributed by atoms with E-state index in [-0.39, 0.29) is 5.54 Å². The zero-order valence-electron chi connectivity index (χ0n) is 10.5. The van der Waals surface area contributed by atoms with E-state index in [1.165, 1.54) is 18.0 Å². The van der Waals surface area contributed by atoms with E-state index in [1.807, 2.05) is 0 Å². The molecular weight excluding hydrogens is 236 g/mol. The summed E-state index contributed by atoms with van der Waals surface area (Å²) in [6.45, 7) is 4.72. The number of rotatable bonds is 6. The molecule has 6 heteroatoms. The third kappa shape index (κ3) is 3.14. The Morgan fingerprint density at radius 1 is 1.59 bits per heavy atom. The van der Waals surface area contributed by atoms with Crippen molar-refractivity contribution in [3.63, 3.8) is 0 Å². The molecule has 1 aliphatic heterocycles. The highest BCUT2D eigenvalue weighted by Gasteiger charge is 2.33. The summed E-state index contributed by atoms with van der Waals surface area (Å²) in [5.41, 5.74) is 0.0623. The van der Waals surface area contributed by atoms with Gasteiger partial charge in [0.2, 0.25) is 5.13 Å². The number of hydrogen-bond acceptors (Lipinski definition) is 6. The molecule has 0 spiro atoms. The van der Waals surface area contributed by atoms with Crippen LogP contribution in [0.2, 0.25) is 0 Å². The Morgan fingerprint density at radius 3 is 3.06 bits per heavy atom. The molecule has 0 saturated carbocycles. The van der Waals surface area contributed by atoms with E-state index in [9.17, 15) is 0 Å². The van der Waals surface area contributed by atoms with Crippen molar-refractivity contribution in [1.82, 2.24) is 14.7 Å². The molecule has 1 saturated heterocycles. The number of nitrogens with zero attached hydrogens (tertiary/aromatic N) is 2. The van der Waals surface area contributed by atoms with Crippen LogP contribution in [0.3, 0.4) is 0 Å². The van der Waals surface area contributed by atoms with Crippen molar-refractivity contribution in [2.75, 3.05) is 32.1 Å². The number of hydrogen-bond donors (Lipinski definition) is 2. The van der Waals surface area contributed by atoms with Gasteiger partial charge in [-0.2, -0.15) is 4.37 Å². The van der Waals surface area contributed by atoms with Crippen LogP contribution in [0.25, 0.3) is 0 Å². The predicted molar refractivity (Wildman–Crippen MR) is 69.6 cm³/mol. The molecule has 5 nitrogen and oxygen atoms in total. The first-order valence-corrected chi connectivity index (χ1v) is 6.86. The van der Waals surface area contributed by atoms with Crippen molar-refractivity contribution in [3.8, 4) is 0 Å². The molecular formula is C11H20N4OS. The first kappa shape index (κ1) is 12.7. The molecule has 0 aromatic carbocycles. The Bertz CT molecular complexity index is 349. The van der Waals surface area contributed by atoms with Crippen LogP contribution in [0.1, 0.15) is 25.6 Å². The molecule has 1 atom stereocenters. The number of ether oxygens (including phenoxy) is 1. The van der Waals surface area contributed by atoms with Crippen LogP contribution in [-0.2, 0) is 11.2 Å². The summed E-state index contributed by atoms with van der Waals surface area (Å²) in [6, 6.07) is 0. The topological polar surface area (TPSA) is 59.1 Å². The lowest BCUT2D eigenvalue weighted by atomic mass is 9.99. The zero-order valence-corrected chi connectivity index (χ0v) is 11.3. The van der Waals surface area contributed by atoms with Crippen molar-refractivity contribution in [2.24, 2.45) is 0 Å². The van der Waals surface area contributed by atoms with Gasteiger partial charge in [0.1, 0.15) is 5.82 Å². The van der Waals surface area contributed by atoms with Crippen LogP contribution < -0.4 is 10.6 Å². The summed E-state index contributed by atoms with van der Waals surface area (Å²) in [6.07, 6.45) is 3.24. The van der Waals surface area contributed by atoms with Gasteiger partial charge < -0.3 is 15.4 Å². The minimum absolute atomic E-state index is 0.0623. The van der Waals surface area contributed by atoms with Crippen LogP contribution >= 0.6 is 11.5 Å². The summed E-state index contributed by atoms with van der Waals surface area (Å²) in [4.78, 5) is 4.41. The third-order valence-electron chi connectivity index (χ3n) is 3.12. The molecule has 1 aromatic heterocycles. The van der Waals surface area contributed by atoms with E-state index in [0.717, 1.165) is 43.5 Å². The molecule has 1 aliphatic rings. The van der Waals surface area contributed by atoms with Crippen molar-refractivity contribution >= 4 is 16.7 Å². The monoisotopic (exact) mass is 256 g/mol.